The van der Waals surface area contributed by atoms with Gasteiger partial charge in [0.05, 0.1) is 5.56 Å². The summed E-state index contributed by atoms with van der Waals surface area (Å²) >= 11 is 6.99. The van der Waals surface area contributed by atoms with E-state index in [-0.39, 0.29) is 11.8 Å². The van der Waals surface area contributed by atoms with Crippen molar-refractivity contribution in [3.8, 4) is 11.4 Å². The number of aromatic nitrogens is 3. The number of nitrogens with one attached hydrogen (secondary N) is 2. The summed E-state index contributed by atoms with van der Waals surface area (Å²) in [6, 6.07) is 0. The zero-order valence-corrected chi connectivity index (χ0v) is 10.9. The van der Waals surface area contributed by atoms with Gasteiger partial charge in [-0.1, -0.05) is 0 Å². The number of hydrogen-bond acceptors (Lipinski definition) is 4. The second kappa shape index (κ2) is 4.85. The van der Waals surface area contributed by atoms with E-state index in [0.717, 1.165) is 21.0 Å². The average molecular weight is 271 g/mol. The fourth-order valence-electron chi connectivity index (χ4n) is 1.49. The standard InChI is InChI=1S/C10H11ClN4OS/c1-5-6(2)17-10(14-7(16)3-11)8(5)9-12-4-13-15-9/h4H,3H2,1-2H3,(H,14,16)(H,12,13,15). The molecular weight excluding hydrogens is 260 g/mol. The first-order chi connectivity index (χ1) is 8.13. The largest absolute Gasteiger partial charge is 0.316 e. The van der Waals surface area contributed by atoms with Gasteiger partial charge in [0, 0.05) is 4.88 Å². The van der Waals surface area contributed by atoms with Crippen molar-refractivity contribution in [2.45, 2.75) is 13.8 Å². The van der Waals surface area contributed by atoms with Crippen LogP contribution in [0.25, 0.3) is 11.4 Å². The maximum atomic E-state index is 11.3. The smallest absolute Gasteiger partial charge is 0.239 e. The molecule has 5 nitrogen and oxygen atoms in total. The molecule has 0 radical (unpaired) electrons. The van der Waals surface area contributed by atoms with Crippen LogP contribution in [0.5, 0.6) is 0 Å². The number of thiophene rings is 1. The lowest BCUT2D eigenvalue weighted by Gasteiger charge is -2.03. The number of nitrogens with zero attached hydrogens (tertiary/aromatic N) is 2. The molecule has 0 spiro atoms. The van der Waals surface area contributed by atoms with E-state index in [4.69, 9.17) is 11.6 Å². The van der Waals surface area contributed by atoms with Crippen LogP contribution in [-0.4, -0.2) is 27.0 Å². The number of aryl methyl sites for hydroxylation is 1. The van der Waals surface area contributed by atoms with E-state index >= 15 is 0 Å². The molecule has 0 unspecified atom stereocenters. The van der Waals surface area contributed by atoms with Gasteiger partial charge in [-0.05, 0) is 19.4 Å². The van der Waals surface area contributed by atoms with Gasteiger partial charge >= 0.3 is 0 Å². The summed E-state index contributed by atoms with van der Waals surface area (Å²) in [6.07, 6.45) is 1.44. The summed E-state index contributed by atoms with van der Waals surface area (Å²) < 4.78 is 0. The maximum Gasteiger partial charge on any atom is 0.239 e. The minimum absolute atomic E-state index is 0.0637. The van der Waals surface area contributed by atoms with Gasteiger partial charge < -0.3 is 5.32 Å². The number of carbonyl (C=O) groups is 1. The molecule has 0 saturated carbocycles. The Labute approximate surface area is 107 Å². The number of alkyl halides is 1. The van der Waals surface area contributed by atoms with E-state index < -0.39 is 0 Å². The van der Waals surface area contributed by atoms with Crippen LogP contribution in [-0.2, 0) is 4.79 Å². The van der Waals surface area contributed by atoms with Crippen molar-refractivity contribution < 1.29 is 4.79 Å². The van der Waals surface area contributed by atoms with Crippen molar-refractivity contribution >= 4 is 33.8 Å². The van der Waals surface area contributed by atoms with Crippen LogP contribution in [0.4, 0.5) is 5.00 Å². The Kier molecular flexibility index (Phi) is 3.44. The topological polar surface area (TPSA) is 70.7 Å². The Morgan fingerprint density at radius 3 is 2.94 bits per heavy atom. The summed E-state index contributed by atoms with van der Waals surface area (Å²) in [5.41, 5.74) is 1.96. The van der Waals surface area contributed by atoms with Crippen LogP contribution in [0.15, 0.2) is 6.33 Å². The van der Waals surface area contributed by atoms with Gasteiger partial charge in [0.1, 0.15) is 17.2 Å². The Morgan fingerprint density at radius 1 is 1.59 bits per heavy atom. The number of halogens is 1. The second-order valence-corrected chi connectivity index (χ2v) is 5.00. The first kappa shape index (κ1) is 12.1. The summed E-state index contributed by atoms with van der Waals surface area (Å²) in [5.74, 6) is 0.358. The van der Waals surface area contributed by atoms with Gasteiger partial charge in [0.2, 0.25) is 5.91 Å². The number of aromatic amines is 1. The molecule has 0 fully saturated rings. The summed E-state index contributed by atoms with van der Waals surface area (Å²) in [5, 5.41) is 10.1. The minimum Gasteiger partial charge on any atom is -0.316 e. The van der Waals surface area contributed by atoms with Crippen molar-refractivity contribution in [2.75, 3.05) is 11.2 Å². The number of amides is 1. The molecule has 0 saturated heterocycles. The van der Waals surface area contributed by atoms with Crippen molar-refractivity contribution in [2.24, 2.45) is 0 Å². The third-order valence-corrected chi connectivity index (χ3v) is 3.78. The summed E-state index contributed by atoms with van der Waals surface area (Å²) in [4.78, 5) is 16.6. The molecule has 2 N–H and O–H groups in total. The molecule has 90 valence electrons. The Hall–Kier alpha value is -1.40. The number of rotatable bonds is 3. The van der Waals surface area contributed by atoms with Gasteiger partial charge in [-0.25, -0.2) is 4.98 Å². The highest BCUT2D eigenvalue weighted by molar-refractivity contribution is 7.17. The van der Waals surface area contributed by atoms with Crippen molar-refractivity contribution in [1.29, 1.82) is 0 Å². The second-order valence-electron chi connectivity index (χ2n) is 3.50. The van der Waals surface area contributed by atoms with Crippen LogP contribution in [0.2, 0.25) is 0 Å². The predicted molar refractivity (Wildman–Crippen MR) is 68.5 cm³/mol. The van der Waals surface area contributed by atoms with Gasteiger partial charge in [-0.15, -0.1) is 22.9 Å². The normalized spacial score (nSPS) is 10.5. The number of carbonyl (C=O) groups excluding carboxylic acids is 1. The zero-order valence-electron chi connectivity index (χ0n) is 9.37. The molecule has 2 aromatic rings. The molecule has 0 bridgehead atoms. The van der Waals surface area contributed by atoms with Crippen LogP contribution in [0, 0.1) is 13.8 Å². The van der Waals surface area contributed by atoms with Gasteiger partial charge in [0.25, 0.3) is 0 Å². The molecule has 1 amide bonds. The number of hydrogen-bond donors (Lipinski definition) is 2. The molecule has 0 atom stereocenters. The molecule has 0 aliphatic carbocycles. The van der Waals surface area contributed by atoms with Crippen LogP contribution in [0.1, 0.15) is 10.4 Å². The fourth-order valence-corrected chi connectivity index (χ4v) is 2.63. The van der Waals surface area contributed by atoms with E-state index in [9.17, 15) is 4.79 Å². The molecule has 2 aromatic heterocycles. The SMILES string of the molecule is Cc1sc(NC(=O)CCl)c(-c2ncn[nH]2)c1C. The third kappa shape index (κ3) is 2.32. The van der Waals surface area contributed by atoms with E-state index in [1.54, 1.807) is 0 Å². The fraction of sp³-hybridized carbons (Fsp3) is 0.300. The molecular formula is C10H11ClN4OS. The average Bonchev–Trinajstić information content (AvgIpc) is 2.89. The van der Waals surface area contributed by atoms with Gasteiger partial charge in [-0.3, -0.25) is 9.89 Å². The molecule has 2 heterocycles. The van der Waals surface area contributed by atoms with Gasteiger partial charge in [0.15, 0.2) is 5.82 Å². The number of H-pyrrole nitrogens is 1. The highest BCUT2D eigenvalue weighted by atomic mass is 35.5. The summed E-state index contributed by atoms with van der Waals surface area (Å²) in [7, 11) is 0. The van der Waals surface area contributed by atoms with Crippen LogP contribution in [0.3, 0.4) is 0 Å². The quantitative estimate of drug-likeness (QED) is 0.841. The lowest BCUT2D eigenvalue weighted by atomic mass is 10.1. The molecule has 0 aliphatic heterocycles. The van der Waals surface area contributed by atoms with Crippen LogP contribution >= 0.6 is 22.9 Å². The molecule has 0 aliphatic rings. The molecule has 17 heavy (non-hydrogen) atoms. The third-order valence-electron chi connectivity index (χ3n) is 2.41. The molecule has 7 heteroatoms. The Balaban J connectivity index is 2.46. The van der Waals surface area contributed by atoms with E-state index in [1.165, 1.54) is 17.7 Å². The van der Waals surface area contributed by atoms with E-state index in [2.05, 4.69) is 20.5 Å². The maximum absolute atomic E-state index is 11.3. The highest BCUT2D eigenvalue weighted by Crippen LogP contribution is 2.38. The first-order valence-corrected chi connectivity index (χ1v) is 6.30. The highest BCUT2D eigenvalue weighted by Gasteiger charge is 2.17. The van der Waals surface area contributed by atoms with Gasteiger partial charge in [-0.2, -0.15) is 5.10 Å². The lowest BCUT2D eigenvalue weighted by molar-refractivity contribution is -0.113. The zero-order chi connectivity index (χ0) is 12.4. The molecule has 0 aromatic carbocycles. The minimum atomic E-state index is -0.228. The lowest BCUT2D eigenvalue weighted by Crippen LogP contribution is -2.12. The Morgan fingerprint density at radius 2 is 2.35 bits per heavy atom. The summed E-state index contributed by atoms with van der Waals surface area (Å²) in [6.45, 7) is 3.98. The number of anilines is 1. The van der Waals surface area contributed by atoms with Crippen LogP contribution < -0.4 is 5.32 Å². The Bertz CT molecular complexity index is 535. The van der Waals surface area contributed by atoms with Crippen molar-refractivity contribution in [3.05, 3.63) is 16.8 Å². The van der Waals surface area contributed by atoms with E-state index in [0.29, 0.717) is 5.82 Å². The molecule has 2 rings (SSSR count). The van der Waals surface area contributed by atoms with E-state index in [1.807, 2.05) is 13.8 Å². The first-order valence-electron chi connectivity index (χ1n) is 4.95. The van der Waals surface area contributed by atoms with Crippen molar-refractivity contribution in [1.82, 2.24) is 15.2 Å². The predicted octanol–water partition coefficient (Wildman–Crippen LogP) is 2.33. The van der Waals surface area contributed by atoms with Crippen molar-refractivity contribution in [3.63, 3.8) is 0 Å². The monoisotopic (exact) mass is 270 g/mol.